The van der Waals surface area contributed by atoms with Gasteiger partial charge in [0.1, 0.15) is 0 Å². The van der Waals surface area contributed by atoms with Gasteiger partial charge < -0.3 is 0 Å². The summed E-state index contributed by atoms with van der Waals surface area (Å²) in [6.07, 6.45) is 0. The fourth-order valence-electron chi connectivity index (χ4n) is 1.86. The van der Waals surface area contributed by atoms with Crippen molar-refractivity contribution < 1.29 is 11.1 Å². The number of ketones is 1. The Hall–Kier alpha value is -1.71. The molecular formula is C12H15NO3. The third kappa shape index (κ3) is 1.71. The second kappa shape index (κ2) is 4.04. The normalized spacial score (nSPS) is 11.1. The van der Waals surface area contributed by atoms with E-state index in [1.165, 1.54) is 6.92 Å². The lowest BCUT2D eigenvalue weighted by Gasteiger charge is -2.13. The zero-order valence-electron chi connectivity index (χ0n) is 10.9. The maximum Gasteiger partial charge on any atom is 0.283 e. The van der Waals surface area contributed by atoms with E-state index in [9.17, 15) is 14.9 Å². The Morgan fingerprint density at radius 3 is 2.12 bits per heavy atom. The van der Waals surface area contributed by atoms with E-state index < -0.39 is 4.92 Å². The highest BCUT2D eigenvalue weighted by molar-refractivity contribution is 6.00. The summed E-state index contributed by atoms with van der Waals surface area (Å²) in [7, 11) is 0. The number of nitro benzene ring substituents is 1. The molecular weight excluding hydrogens is 206 g/mol. The van der Waals surface area contributed by atoms with E-state index in [1.54, 1.807) is 20.8 Å². The van der Waals surface area contributed by atoms with E-state index in [4.69, 9.17) is 1.37 Å². The highest BCUT2D eigenvalue weighted by atomic mass is 16.6. The third-order valence-corrected chi connectivity index (χ3v) is 2.97. The first-order valence-corrected chi connectivity index (χ1v) is 4.90. The lowest BCUT2D eigenvalue weighted by Crippen LogP contribution is -2.08. The topological polar surface area (TPSA) is 60.2 Å². The maximum atomic E-state index is 11.5. The van der Waals surface area contributed by atoms with Crippen LogP contribution in [0.2, 0.25) is 0 Å². The average Bonchev–Trinajstić information content (AvgIpc) is 2.22. The smallest absolute Gasteiger partial charge is 0.283 e. The molecule has 0 N–H and O–H groups in total. The van der Waals surface area contributed by atoms with E-state index >= 15 is 0 Å². The Kier molecular flexibility index (Phi) is 2.73. The number of benzene rings is 1. The molecule has 1 aromatic carbocycles. The highest BCUT2D eigenvalue weighted by Gasteiger charge is 2.26. The fraction of sp³-hybridized carbons (Fsp3) is 0.417. The number of nitrogens with zero attached hydrogens (tertiary/aromatic N) is 1. The average molecular weight is 222 g/mol. The van der Waals surface area contributed by atoms with Crippen molar-refractivity contribution >= 4 is 11.5 Å². The molecule has 16 heavy (non-hydrogen) atoms. The molecule has 1 rings (SSSR count). The minimum absolute atomic E-state index is 0.0163. The van der Waals surface area contributed by atoms with Gasteiger partial charge in [-0.05, 0) is 51.3 Å². The number of hydrogen-bond donors (Lipinski definition) is 0. The van der Waals surface area contributed by atoms with Gasteiger partial charge in [0, 0.05) is 6.93 Å². The van der Waals surface area contributed by atoms with Crippen LogP contribution in [0.3, 0.4) is 0 Å². The molecule has 4 heteroatoms. The van der Waals surface area contributed by atoms with Crippen molar-refractivity contribution in [3.63, 3.8) is 0 Å². The van der Waals surface area contributed by atoms with Gasteiger partial charge in [0.2, 0.25) is 0 Å². The molecule has 0 aliphatic carbocycles. The molecule has 0 fully saturated rings. The van der Waals surface area contributed by atoms with E-state index in [-0.39, 0.29) is 23.9 Å². The summed E-state index contributed by atoms with van der Waals surface area (Å²) in [5.74, 6) is -0.308. The molecule has 0 aliphatic rings. The van der Waals surface area contributed by atoms with Crippen LogP contribution in [0.5, 0.6) is 0 Å². The Morgan fingerprint density at radius 1 is 1.19 bits per heavy atom. The molecule has 0 aliphatic heterocycles. The van der Waals surface area contributed by atoms with E-state index in [1.807, 2.05) is 0 Å². The van der Waals surface area contributed by atoms with Crippen LogP contribution in [0.25, 0.3) is 0 Å². The summed E-state index contributed by atoms with van der Waals surface area (Å²) < 4.78 is 7.43. The zero-order valence-corrected chi connectivity index (χ0v) is 9.88. The summed E-state index contributed by atoms with van der Waals surface area (Å²) >= 11 is 0. The van der Waals surface area contributed by atoms with Crippen molar-refractivity contribution in [2.45, 2.75) is 34.6 Å². The van der Waals surface area contributed by atoms with Crippen LogP contribution >= 0.6 is 0 Å². The molecule has 1 aromatic rings. The van der Waals surface area contributed by atoms with Gasteiger partial charge in [0.05, 0.1) is 10.5 Å². The molecule has 0 saturated heterocycles. The molecule has 0 atom stereocenters. The Labute approximate surface area is 95.8 Å². The summed E-state index contributed by atoms with van der Waals surface area (Å²) in [4.78, 5) is 22.1. The number of Topliss-reactive ketones (excluding diaryl/α,β-unsaturated/α-hetero) is 1. The summed E-state index contributed by atoms with van der Waals surface area (Å²) in [5.41, 5.74) is 2.49. The van der Waals surface area contributed by atoms with Crippen molar-refractivity contribution in [3.8, 4) is 0 Å². The predicted molar refractivity (Wildman–Crippen MR) is 62.0 cm³/mol. The zero-order chi connectivity index (χ0) is 13.3. The van der Waals surface area contributed by atoms with Gasteiger partial charge >= 0.3 is 0 Å². The molecule has 0 heterocycles. The van der Waals surface area contributed by atoms with Gasteiger partial charge in [-0.1, -0.05) is 0 Å². The van der Waals surface area contributed by atoms with Gasteiger partial charge in [0.15, 0.2) is 5.78 Å². The molecule has 0 aromatic heterocycles. The Balaban J connectivity index is 3.84. The lowest BCUT2D eigenvalue weighted by molar-refractivity contribution is -0.385. The quantitative estimate of drug-likeness (QED) is 0.439. The van der Waals surface area contributed by atoms with Crippen LogP contribution in [0.1, 0.15) is 40.9 Å². The van der Waals surface area contributed by atoms with E-state index in [0.717, 1.165) is 5.56 Å². The molecule has 0 radical (unpaired) electrons. The molecule has 0 spiro atoms. The summed E-state index contributed by atoms with van der Waals surface area (Å²) in [5, 5.41) is 11.1. The van der Waals surface area contributed by atoms with Gasteiger partial charge in [0.25, 0.3) is 5.69 Å². The van der Waals surface area contributed by atoms with Crippen LogP contribution in [0.15, 0.2) is 0 Å². The second-order valence-corrected chi connectivity index (χ2v) is 3.89. The highest BCUT2D eigenvalue weighted by Crippen LogP contribution is 2.32. The minimum atomic E-state index is -0.530. The maximum absolute atomic E-state index is 11.5. The van der Waals surface area contributed by atoms with Crippen LogP contribution in [0.4, 0.5) is 5.69 Å². The van der Waals surface area contributed by atoms with Crippen molar-refractivity contribution in [2.75, 3.05) is 0 Å². The van der Waals surface area contributed by atoms with Crippen LogP contribution in [-0.4, -0.2) is 10.7 Å². The first kappa shape index (κ1) is 10.8. The summed E-state index contributed by atoms with van der Waals surface area (Å²) in [6, 6.07) is 0. The lowest BCUT2D eigenvalue weighted by atomic mass is 9.91. The summed E-state index contributed by atoms with van der Waals surface area (Å²) in [6.45, 7) is 6.40. The van der Waals surface area contributed by atoms with Gasteiger partial charge in [-0.2, -0.15) is 0 Å². The number of hydrogen-bond acceptors (Lipinski definition) is 3. The number of rotatable bonds is 2. The third-order valence-electron chi connectivity index (χ3n) is 2.97. The minimum Gasteiger partial charge on any atom is -0.294 e. The second-order valence-electron chi connectivity index (χ2n) is 3.89. The first-order chi connectivity index (χ1) is 7.82. The largest absolute Gasteiger partial charge is 0.294 e. The Bertz CT molecular complexity index is 509. The number of carbonyl (C=O) groups is 1. The first-order valence-electron chi connectivity index (χ1n) is 5.60. The molecule has 0 amide bonds. The predicted octanol–water partition coefficient (Wildman–Crippen LogP) is 3.03. The molecule has 0 bridgehead atoms. The van der Waals surface area contributed by atoms with Crippen molar-refractivity contribution in [2.24, 2.45) is 0 Å². The van der Waals surface area contributed by atoms with Gasteiger partial charge in [-0.15, -0.1) is 0 Å². The van der Waals surface area contributed by atoms with Crippen LogP contribution in [-0.2, 0) is 0 Å². The van der Waals surface area contributed by atoms with Gasteiger partial charge in [-0.25, -0.2) is 0 Å². The van der Waals surface area contributed by atoms with Crippen molar-refractivity contribution in [1.82, 2.24) is 0 Å². The Morgan fingerprint density at radius 2 is 1.75 bits per heavy atom. The van der Waals surface area contributed by atoms with Crippen LogP contribution < -0.4 is 0 Å². The standard InChI is InChI=1S/C12H15NO3/c1-6-7(2)9(4)12(13(15)16)11(8(6)3)10(5)14/h1-5H3/i2D. The molecule has 0 unspecified atom stereocenters. The van der Waals surface area contributed by atoms with Crippen molar-refractivity contribution in [3.05, 3.63) is 37.9 Å². The molecule has 4 nitrogen and oxygen atoms in total. The SMILES string of the molecule is [2H]Cc1c(C)c(C)c(C(C)=O)c([N+](=O)[O-])c1C. The molecule has 0 saturated carbocycles. The number of nitro groups is 1. The van der Waals surface area contributed by atoms with E-state index in [0.29, 0.717) is 16.7 Å². The monoisotopic (exact) mass is 222 g/mol. The fourth-order valence-corrected chi connectivity index (χ4v) is 1.86. The molecule has 86 valence electrons. The van der Waals surface area contributed by atoms with Crippen molar-refractivity contribution in [1.29, 1.82) is 0 Å². The van der Waals surface area contributed by atoms with Crippen LogP contribution in [0, 0.1) is 37.8 Å². The number of carbonyl (C=O) groups excluding carboxylic acids is 1. The van der Waals surface area contributed by atoms with E-state index in [2.05, 4.69) is 0 Å². The van der Waals surface area contributed by atoms with Gasteiger partial charge in [-0.3, -0.25) is 14.9 Å².